The van der Waals surface area contributed by atoms with Crippen LogP contribution in [0.2, 0.25) is 0 Å². The quantitative estimate of drug-likeness (QED) is 0.336. The summed E-state index contributed by atoms with van der Waals surface area (Å²) in [6.07, 6.45) is 2.21. The van der Waals surface area contributed by atoms with Gasteiger partial charge in [0.05, 0.1) is 5.52 Å². The Balaban J connectivity index is 0.00000308. The Kier molecular flexibility index (Phi) is 8.56. The maximum atomic E-state index is 13.1. The Bertz CT molecular complexity index is 1480. The number of hydrogen-bond acceptors (Lipinski definition) is 5. The molecule has 0 atom stereocenters. The number of aryl methyl sites for hydroxylation is 1. The van der Waals surface area contributed by atoms with E-state index in [0.717, 1.165) is 72.5 Å². The first-order chi connectivity index (χ1) is 18.6. The number of likely N-dealkylation sites (tertiary alicyclic amines) is 1. The summed E-state index contributed by atoms with van der Waals surface area (Å²) in [7, 11) is 0. The number of hydrogen-bond donors (Lipinski definition) is 1. The summed E-state index contributed by atoms with van der Waals surface area (Å²) >= 11 is 0. The van der Waals surface area contributed by atoms with Crippen molar-refractivity contribution in [2.24, 2.45) is 0 Å². The standard InChI is InChI=1S/C32H35N3O3.ClH/c1-23-19-32(36)35(29-21-26(8-9-28(23)29)25-5-3-2-4-6-25)16-15-34-13-11-27(12-14-34)33-22-24-7-10-30-31(20-24)38-18-17-37-30;/h2-10,19-21,27,33H,11-18,22H2,1H3;1H. The largest absolute Gasteiger partial charge is 0.486 e. The maximum absolute atomic E-state index is 13.1. The van der Waals surface area contributed by atoms with Gasteiger partial charge in [-0.1, -0.05) is 48.5 Å². The van der Waals surface area contributed by atoms with Gasteiger partial charge in [0, 0.05) is 37.1 Å². The molecule has 0 radical (unpaired) electrons. The van der Waals surface area contributed by atoms with Crippen LogP contribution in [-0.4, -0.2) is 48.4 Å². The van der Waals surface area contributed by atoms with Crippen molar-refractivity contribution in [1.82, 2.24) is 14.8 Å². The zero-order valence-electron chi connectivity index (χ0n) is 22.4. The highest BCUT2D eigenvalue weighted by molar-refractivity contribution is 5.87. The second-order valence-corrected chi connectivity index (χ2v) is 10.4. The van der Waals surface area contributed by atoms with Gasteiger partial charge in [0.15, 0.2) is 11.5 Å². The normalized spacial score (nSPS) is 15.7. The molecule has 0 amide bonds. The highest BCUT2D eigenvalue weighted by Crippen LogP contribution is 2.31. The SMILES string of the molecule is Cc1cc(=O)n(CCN2CCC(NCc3ccc4c(c3)OCCO4)CC2)c2cc(-c3ccccc3)ccc12.Cl. The van der Waals surface area contributed by atoms with E-state index >= 15 is 0 Å². The average molecular weight is 546 g/mol. The first-order valence-electron chi connectivity index (χ1n) is 13.7. The highest BCUT2D eigenvalue weighted by Gasteiger charge is 2.20. The molecule has 0 spiro atoms. The van der Waals surface area contributed by atoms with Crippen molar-refractivity contribution in [1.29, 1.82) is 0 Å². The van der Waals surface area contributed by atoms with Gasteiger partial charge in [0.1, 0.15) is 13.2 Å². The van der Waals surface area contributed by atoms with E-state index in [4.69, 9.17) is 9.47 Å². The van der Waals surface area contributed by atoms with Crippen molar-refractivity contribution < 1.29 is 9.47 Å². The summed E-state index contributed by atoms with van der Waals surface area (Å²) in [5.41, 5.74) is 5.66. The minimum atomic E-state index is 0. The van der Waals surface area contributed by atoms with Gasteiger partial charge in [-0.25, -0.2) is 0 Å². The van der Waals surface area contributed by atoms with Gasteiger partial charge in [-0.2, -0.15) is 0 Å². The molecule has 4 aromatic rings. The number of nitrogens with zero attached hydrogens (tertiary/aromatic N) is 2. The molecule has 0 saturated carbocycles. The molecule has 1 fully saturated rings. The summed E-state index contributed by atoms with van der Waals surface area (Å²) in [5.74, 6) is 1.69. The van der Waals surface area contributed by atoms with Crippen LogP contribution in [0.3, 0.4) is 0 Å². The molecule has 2 aliphatic heterocycles. The molecule has 3 aromatic carbocycles. The molecule has 0 bridgehead atoms. The van der Waals surface area contributed by atoms with E-state index in [1.54, 1.807) is 6.07 Å². The van der Waals surface area contributed by atoms with E-state index in [1.165, 1.54) is 11.1 Å². The van der Waals surface area contributed by atoms with Crippen LogP contribution < -0.4 is 20.3 Å². The third-order valence-corrected chi connectivity index (χ3v) is 7.86. The maximum Gasteiger partial charge on any atom is 0.251 e. The van der Waals surface area contributed by atoms with Crippen LogP contribution in [0.1, 0.15) is 24.0 Å². The molecule has 1 aromatic heterocycles. The van der Waals surface area contributed by atoms with Gasteiger partial charge < -0.3 is 24.3 Å². The number of piperidine rings is 1. The van der Waals surface area contributed by atoms with E-state index in [2.05, 4.69) is 64.8 Å². The smallest absolute Gasteiger partial charge is 0.251 e. The van der Waals surface area contributed by atoms with E-state index in [0.29, 0.717) is 25.8 Å². The van der Waals surface area contributed by atoms with Crippen LogP contribution in [-0.2, 0) is 13.1 Å². The van der Waals surface area contributed by atoms with Crippen molar-refractivity contribution in [3.8, 4) is 22.6 Å². The predicted octanol–water partition coefficient (Wildman–Crippen LogP) is 5.42. The Morgan fingerprint density at radius 1 is 0.846 bits per heavy atom. The molecule has 6 nitrogen and oxygen atoms in total. The average Bonchev–Trinajstić information content (AvgIpc) is 2.96. The number of nitrogens with one attached hydrogen (secondary N) is 1. The molecule has 204 valence electrons. The van der Waals surface area contributed by atoms with Gasteiger partial charge >= 0.3 is 0 Å². The number of fused-ring (bicyclic) bond motifs is 2. The molecular weight excluding hydrogens is 510 g/mol. The fourth-order valence-electron chi connectivity index (χ4n) is 5.65. The number of halogens is 1. The Morgan fingerprint density at radius 2 is 1.62 bits per heavy atom. The molecule has 0 unspecified atom stereocenters. The zero-order valence-corrected chi connectivity index (χ0v) is 23.2. The fraction of sp³-hybridized carbons (Fsp3) is 0.344. The van der Waals surface area contributed by atoms with E-state index in [1.807, 2.05) is 23.6 Å². The molecule has 2 aliphatic rings. The monoisotopic (exact) mass is 545 g/mol. The first kappa shape index (κ1) is 27.3. The van der Waals surface area contributed by atoms with Gasteiger partial charge in [0.25, 0.3) is 5.56 Å². The Labute approximate surface area is 236 Å². The van der Waals surface area contributed by atoms with Crippen LogP contribution in [0.25, 0.3) is 22.0 Å². The fourth-order valence-corrected chi connectivity index (χ4v) is 5.65. The van der Waals surface area contributed by atoms with Crippen molar-refractivity contribution in [2.75, 3.05) is 32.8 Å². The van der Waals surface area contributed by atoms with Crippen molar-refractivity contribution in [3.05, 3.63) is 94.3 Å². The lowest BCUT2D eigenvalue weighted by Gasteiger charge is -2.32. The van der Waals surface area contributed by atoms with Crippen molar-refractivity contribution >= 4 is 23.3 Å². The van der Waals surface area contributed by atoms with Crippen LogP contribution in [0, 0.1) is 6.92 Å². The highest BCUT2D eigenvalue weighted by atomic mass is 35.5. The molecule has 1 saturated heterocycles. The van der Waals surface area contributed by atoms with Crippen molar-refractivity contribution in [3.63, 3.8) is 0 Å². The topological polar surface area (TPSA) is 55.7 Å². The minimum Gasteiger partial charge on any atom is -0.486 e. The Hall–Kier alpha value is -3.32. The lowest BCUT2D eigenvalue weighted by atomic mass is 10.0. The van der Waals surface area contributed by atoms with Crippen molar-refractivity contribution in [2.45, 2.75) is 38.9 Å². The zero-order chi connectivity index (χ0) is 25.9. The summed E-state index contributed by atoms with van der Waals surface area (Å²) in [5, 5.41) is 4.87. The van der Waals surface area contributed by atoms with Crippen LogP contribution >= 0.6 is 12.4 Å². The van der Waals surface area contributed by atoms with Gasteiger partial charge in [0.2, 0.25) is 0 Å². The van der Waals surface area contributed by atoms with Gasteiger partial charge in [-0.15, -0.1) is 12.4 Å². The molecule has 39 heavy (non-hydrogen) atoms. The van der Waals surface area contributed by atoms with E-state index < -0.39 is 0 Å². The van der Waals surface area contributed by atoms with E-state index in [-0.39, 0.29) is 18.0 Å². The summed E-state index contributed by atoms with van der Waals surface area (Å²) in [6.45, 7) is 7.73. The minimum absolute atomic E-state index is 0. The third kappa shape index (κ3) is 6.14. The lowest BCUT2D eigenvalue weighted by Crippen LogP contribution is -2.43. The Morgan fingerprint density at radius 3 is 2.41 bits per heavy atom. The second kappa shape index (κ2) is 12.2. The number of rotatable bonds is 7. The summed E-state index contributed by atoms with van der Waals surface area (Å²) in [4.78, 5) is 15.5. The molecule has 0 aliphatic carbocycles. The number of pyridine rings is 1. The molecule has 7 heteroatoms. The molecule has 6 rings (SSSR count). The van der Waals surface area contributed by atoms with Gasteiger partial charge in [-0.05, 0) is 73.3 Å². The number of aromatic nitrogens is 1. The van der Waals surface area contributed by atoms with Crippen LogP contribution in [0.5, 0.6) is 11.5 Å². The van der Waals surface area contributed by atoms with E-state index in [9.17, 15) is 4.79 Å². The van der Waals surface area contributed by atoms with Crippen LogP contribution in [0.4, 0.5) is 0 Å². The predicted molar refractivity (Wildman–Crippen MR) is 159 cm³/mol. The molecular formula is C32H36ClN3O3. The lowest BCUT2D eigenvalue weighted by molar-refractivity contribution is 0.171. The molecule has 1 N–H and O–H groups in total. The van der Waals surface area contributed by atoms with Gasteiger partial charge in [-0.3, -0.25) is 4.79 Å². The first-order valence-corrected chi connectivity index (χ1v) is 13.7. The molecule has 3 heterocycles. The number of benzene rings is 3. The third-order valence-electron chi connectivity index (χ3n) is 7.86. The number of ether oxygens (including phenoxy) is 2. The van der Waals surface area contributed by atoms with Crippen LogP contribution in [0.15, 0.2) is 77.6 Å². The second-order valence-electron chi connectivity index (χ2n) is 10.4. The summed E-state index contributed by atoms with van der Waals surface area (Å²) in [6, 6.07) is 25.3. The summed E-state index contributed by atoms with van der Waals surface area (Å²) < 4.78 is 13.3.